The summed E-state index contributed by atoms with van der Waals surface area (Å²) in [6, 6.07) is 4.25. The number of carbonyl (C=O) groups excluding carboxylic acids is 3. The van der Waals surface area contributed by atoms with Gasteiger partial charge in [-0.1, -0.05) is 25.3 Å². The van der Waals surface area contributed by atoms with Crippen LogP contribution in [0.4, 0.5) is 17.6 Å². The zero-order chi connectivity index (χ0) is 27.6. The van der Waals surface area contributed by atoms with E-state index in [0.29, 0.717) is 35.5 Å². The van der Waals surface area contributed by atoms with E-state index in [1.165, 1.54) is 36.4 Å². The monoisotopic (exact) mass is 538 g/mol. The Kier molecular flexibility index (Phi) is 8.08. The summed E-state index contributed by atoms with van der Waals surface area (Å²) in [5.74, 6) is -3.76. The zero-order valence-electron chi connectivity index (χ0n) is 21.2. The van der Waals surface area contributed by atoms with Crippen LogP contribution in [0, 0.1) is 5.82 Å². The van der Waals surface area contributed by atoms with Gasteiger partial charge in [0.1, 0.15) is 12.4 Å². The van der Waals surface area contributed by atoms with Gasteiger partial charge in [0.25, 0.3) is 5.91 Å². The minimum Gasteiger partial charge on any atom is -0.430 e. The lowest BCUT2D eigenvalue weighted by atomic mass is 9.93. The maximum absolute atomic E-state index is 14.7. The molecule has 1 N–H and O–H groups in total. The summed E-state index contributed by atoms with van der Waals surface area (Å²) < 4.78 is 56.8. The zero-order valence-corrected chi connectivity index (χ0v) is 21.2. The maximum Gasteiger partial charge on any atom is 0.491 e. The van der Waals surface area contributed by atoms with E-state index in [1.807, 2.05) is 4.90 Å². The number of piperazine rings is 1. The Hall–Kier alpha value is -3.44. The van der Waals surface area contributed by atoms with Gasteiger partial charge in [0.05, 0.1) is 11.3 Å². The number of alkyl halides is 3. The number of amides is 2. The van der Waals surface area contributed by atoms with Gasteiger partial charge in [0.2, 0.25) is 12.1 Å². The Morgan fingerprint density at radius 3 is 2.50 bits per heavy atom. The third-order valence-electron chi connectivity index (χ3n) is 7.38. The lowest BCUT2D eigenvalue weighted by Crippen LogP contribution is -2.55. The van der Waals surface area contributed by atoms with Crippen LogP contribution in [-0.2, 0) is 20.7 Å². The number of ether oxygens (including phenoxy) is 1. The van der Waals surface area contributed by atoms with Gasteiger partial charge >= 0.3 is 12.1 Å². The van der Waals surface area contributed by atoms with Crippen molar-refractivity contribution in [2.24, 2.45) is 5.10 Å². The van der Waals surface area contributed by atoms with Crippen LogP contribution in [0.5, 0.6) is 0 Å². The number of rotatable bonds is 5. The molecule has 2 amide bonds. The first-order chi connectivity index (χ1) is 18.0. The smallest absolute Gasteiger partial charge is 0.430 e. The molecule has 1 unspecified atom stereocenters. The number of esters is 1. The molecule has 1 saturated heterocycles. The second kappa shape index (κ2) is 11.1. The van der Waals surface area contributed by atoms with Gasteiger partial charge < -0.3 is 14.5 Å². The molecule has 1 atom stereocenters. The van der Waals surface area contributed by atoms with Crippen molar-refractivity contribution in [1.29, 1.82) is 0 Å². The van der Waals surface area contributed by atoms with Gasteiger partial charge in [0.15, 0.2) is 0 Å². The molecule has 0 radical (unpaired) electrons. The van der Waals surface area contributed by atoms with Gasteiger partial charge in [0, 0.05) is 25.6 Å². The van der Waals surface area contributed by atoms with Gasteiger partial charge in [-0.3, -0.25) is 15.0 Å². The fraction of sp³-hybridized carbons (Fsp3) is 0.538. The Morgan fingerprint density at radius 1 is 1.13 bits per heavy atom. The van der Waals surface area contributed by atoms with Gasteiger partial charge in [-0.2, -0.15) is 18.3 Å². The highest BCUT2D eigenvalue weighted by Crippen LogP contribution is 2.26. The standard InChI is InChI=1S/C26H30F4N4O4/c1-15-16(2)23(38-25(37)26(28,29)30)32-31-21(15)13-17-8-9-20(27)19(12-17)24(36)33-10-11-34(22(35)14-33)18-6-4-3-5-7-18/h8-9,12,18,23,32H,3-7,10-11,13-14H2,1-2H3. The normalized spacial score (nSPS) is 21.3. The van der Waals surface area contributed by atoms with Crippen LogP contribution in [0.1, 0.15) is 61.9 Å². The van der Waals surface area contributed by atoms with Crippen LogP contribution in [0.3, 0.4) is 0 Å². The predicted molar refractivity (Wildman–Crippen MR) is 129 cm³/mol. The maximum atomic E-state index is 14.7. The first-order valence-corrected chi connectivity index (χ1v) is 12.6. The Balaban J connectivity index is 1.43. The minimum atomic E-state index is -5.13. The van der Waals surface area contributed by atoms with Crippen LogP contribution in [0.25, 0.3) is 0 Å². The highest BCUT2D eigenvalue weighted by molar-refractivity contribution is 6.03. The van der Waals surface area contributed by atoms with Crippen LogP contribution in [0.2, 0.25) is 0 Å². The predicted octanol–water partition coefficient (Wildman–Crippen LogP) is 3.71. The lowest BCUT2D eigenvalue weighted by Gasteiger charge is -2.40. The van der Waals surface area contributed by atoms with Crippen molar-refractivity contribution in [2.75, 3.05) is 19.6 Å². The molecule has 1 aromatic rings. The molecule has 0 aromatic heterocycles. The lowest BCUT2D eigenvalue weighted by molar-refractivity contribution is -0.204. The number of allylic oxidation sites excluding steroid dienone is 1. The quantitative estimate of drug-likeness (QED) is 0.456. The van der Waals surface area contributed by atoms with E-state index in [1.54, 1.807) is 6.92 Å². The van der Waals surface area contributed by atoms with Crippen LogP contribution in [-0.4, -0.2) is 71.4 Å². The van der Waals surface area contributed by atoms with Crippen molar-refractivity contribution >= 4 is 23.5 Å². The van der Waals surface area contributed by atoms with Crippen molar-refractivity contribution in [3.63, 3.8) is 0 Å². The van der Waals surface area contributed by atoms with Crippen LogP contribution >= 0.6 is 0 Å². The molecule has 2 heterocycles. The molecule has 8 nitrogen and oxygen atoms in total. The molecular weight excluding hydrogens is 508 g/mol. The molecule has 206 valence electrons. The molecule has 3 aliphatic rings. The van der Waals surface area contributed by atoms with E-state index in [-0.39, 0.29) is 30.5 Å². The van der Waals surface area contributed by atoms with Crippen molar-refractivity contribution in [1.82, 2.24) is 15.2 Å². The molecule has 4 rings (SSSR count). The first-order valence-electron chi connectivity index (χ1n) is 12.6. The van der Waals surface area contributed by atoms with E-state index < -0.39 is 30.1 Å². The fourth-order valence-electron chi connectivity index (χ4n) is 5.05. The number of benzene rings is 1. The minimum absolute atomic E-state index is 0.102. The van der Waals surface area contributed by atoms with E-state index in [2.05, 4.69) is 15.3 Å². The number of hydrazone groups is 1. The molecule has 2 fully saturated rings. The largest absolute Gasteiger partial charge is 0.491 e. The summed E-state index contributed by atoms with van der Waals surface area (Å²) >= 11 is 0. The van der Waals surface area contributed by atoms with E-state index in [0.717, 1.165) is 25.7 Å². The molecule has 0 spiro atoms. The summed E-state index contributed by atoms with van der Waals surface area (Å²) in [6.45, 7) is 3.77. The van der Waals surface area contributed by atoms with Crippen molar-refractivity contribution < 1.29 is 36.7 Å². The number of nitrogens with one attached hydrogen (secondary N) is 1. The van der Waals surface area contributed by atoms with E-state index in [9.17, 15) is 31.9 Å². The molecule has 12 heteroatoms. The SMILES string of the molecule is CC1=C(C)C(OC(=O)C(F)(F)F)NN=C1Cc1ccc(F)c(C(=O)N2CCN(C3CCCCC3)C(=O)C2)c1. The molecular formula is C26H30F4N4O4. The Labute approximate surface area is 217 Å². The van der Waals surface area contributed by atoms with Crippen LogP contribution < -0.4 is 5.43 Å². The molecule has 2 aliphatic heterocycles. The summed E-state index contributed by atoms with van der Waals surface area (Å²) in [4.78, 5) is 40.3. The average molecular weight is 539 g/mol. The highest BCUT2D eigenvalue weighted by Gasteiger charge is 2.43. The van der Waals surface area contributed by atoms with Crippen LogP contribution in [0.15, 0.2) is 34.4 Å². The molecule has 1 aliphatic carbocycles. The van der Waals surface area contributed by atoms with Crippen molar-refractivity contribution in [3.8, 4) is 0 Å². The second-order valence-electron chi connectivity index (χ2n) is 9.88. The fourth-order valence-corrected chi connectivity index (χ4v) is 5.05. The summed E-state index contributed by atoms with van der Waals surface area (Å²) in [6.07, 6.45) is -1.09. The first kappa shape index (κ1) is 27.6. The molecule has 1 aromatic carbocycles. The third-order valence-corrected chi connectivity index (χ3v) is 7.38. The third kappa shape index (κ3) is 5.99. The molecule has 1 saturated carbocycles. The van der Waals surface area contributed by atoms with Gasteiger partial charge in [-0.25, -0.2) is 9.18 Å². The van der Waals surface area contributed by atoms with Crippen molar-refractivity contribution in [3.05, 3.63) is 46.3 Å². The number of hydrogen-bond acceptors (Lipinski definition) is 6. The Morgan fingerprint density at radius 2 is 1.84 bits per heavy atom. The molecule has 38 heavy (non-hydrogen) atoms. The second-order valence-corrected chi connectivity index (χ2v) is 9.88. The summed E-state index contributed by atoms with van der Waals surface area (Å²) in [5.41, 5.74) is 4.05. The summed E-state index contributed by atoms with van der Waals surface area (Å²) in [5, 5.41) is 4.05. The number of halogens is 4. The number of hydrogen-bond donors (Lipinski definition) is 1. The highest BCUT2D eigenvalue weighted by atomic mass is 19.4. The van der Waals surface area contributed by atoms with Crippen molar-refractivity contribution in [2.45, 2.75) is 70.8 Å². The van der Waals surface area contributed by atoms with Gasteiger partial charge in [-0.15, -0.1) is 0 Å². The number of carbonyl (C=O) groups is 3. The van der Waals surface area contributed by atoms with E-state index in [4.69, 9.17) is 0 Å². The number of nitrogens with zero attached hydrogens (tertiary/aromatic N) is 3. The average Bonchev–Trinajstić information content (AvgIpc) is 2.89. The Bertz CT molecular complexity index is 1170. The molecule has 0 bridgehead atoms. The van der Waals surface area contributed by atoms with E-state index >= 15 is 0 Å². The van der Waals surface area contributed by atoms with Gasteiger partial charge in [-0.05, 0) is 55.5 Å². The summed E-state index contributed by atoms with van der Waals surface area (Å²) in [7, 11) is 0. The topological polar surface area (TPSA) is 91.3 Å².